The molecular weight excluding hydrogens is 288 g/mol. The van der Waals surface area contributed by atoms with Gasteiger partial charge in [0.2, 0.25) is 11.7 Å². The molecule has 0 spiro atoms. The molecule has 0 saturated carbocycles. The normalized spacial score (nSPS) is 16.7. The first kappa shape index (κ1) is 16.1. The van der Waals surface area contributed by atoms with Crippen molar-refractivity contribution in [1.29, 1.82) is 0 Å². The lowest BCUT2D eigenvalue weighted by molar-refractivity contribution is 0.191. The summed E-state index contributed by atoms with van der Waals surface area (Å²) in [5.41, 5.74) is 0.774. The molecule has 0 amide bonds. The molecule has 3 rings (SSSR count). The maximum Gasteiger partial charge on any atom is 0.230 e. The van der Waals surface area contributed by atoms with Gasteiger partial charge in [0.25, 0.3) is 0 Å². The van der Waals surface area contributed by atoms with Gasteiger partial charge in [0.05, 0.1) is 0 Å². The summed E-state index contributed by atoms with van der Waals surface area (Å²) in [5.74, 6) is 1.77. The van der Waals surface area contributed by atoms with Crippen LogP contribution in [0, 0.1) is 0 Å². The highest BCUT2D eigenvalue weighted by molar-refractivity contribution is 5.47. The number of aromatic nitrogens is 3. The van der Waals surface area contributed by atoms with Crippen LogP contribution in [0.3, 0.4) is 0 Å². The van der Waals surface area contributed by atoms with Gasteiger partial charge < -0.3 is 9.42 Å². The van der Waals surface area contributed by atoms with E-state index < -0.39 is 0 Å². The topological polar surface area (TPSA) is 55.1 Å². The van der Waals surface area contributed by atoms with Crippen LogP contribution >= 0.6 is 0 Å². The van der Waals surface area contributed by atoms with Gasteiger partial charge in [0, 0.05) is 12.1 Å². The Morgan fingerprint density at radius 1 is 1.17 bits per heavy atom. The van der Waals surface area contributed by atoms with Gasteiger partial charge >= 0.3 is 0 Å². The van der Waals surface area contributed by atoms with Crippen LogP contribution in [0.5, 0.6) is 0 Å². The van der Waals surface area contributed by atoms with Gasteiger partial charge in [-0.1, -0.05) is 37.4 Å². The number of hydrogen-bond donors (Lipinski definition) is 0. The van der Waals surface area contributed by atoms with Crippen LogP contribution < -0.4 is 0 Å². The van der Waals surface area contributed by atoms with Gasteiger partial charge in [-0.2, -0.15) is 4.98 Å². The number of unbranched alkanes of at least 4 members (excludes halogenated alkanes) is 3. The quantitative estimate of drug-likeness (QED) is 0.726. The Hall–Kier alpha value is -1.75. The van der Waals surface area contributed by atoms with Crippen LogP contribution in [0.15, 0.2) is 28.9 Å². The molecule has 124 valence electrons. The van der Waals surface area contributed by atoms with E-state index in [0.29, 0.717) is 11.7 Å². The minimum absolute atomic E-state index is 0.395. The summed E-state index contributed by atoms with van der Waals surface area (Å²) >= 11 is 0. The van der Waals surface area contributed by atoms with Crippen molar-refractivity contribution in [3.05, 3.63) is 30.3 Å². The second-order valence-electron chi connectivity index (χ2n) is 6.35. The van der Waals surface area contributed by atoms with Crippen molar-refractivity contribution in [3.8, 4) is 11.5 Å². The molecule has 0 aliphatic carbocycles. The van der Waals surface area contributed by atoms with Crippen molar-refractivity contribution in [3.63, 3.8) is 0 Å². The second-order valence-corrected chi connectivity index (χ2v) is 6.35. The van der Waals surface area contributed by atoms with Gasteiger partial charge in [0.15, 0.2) is 0 Å². The van der Waals surface area contributed by atoms with E-state index in [1.54, 1.807) is 6.20 Å². The van der Waals surface area contributed by atoms with Crippen LogP contribution in [0.1, 0.15) is 57.3 Å². The fraction of sp³-hybridized carbons (Fsp3) is 0.611. The standard InChI is InChI=1S/C18H26N4O/c1-2-3-4-7-12-22-13-9-15(10-14-22)18-20-17(21-23-18)16-8-5-6-11-19-16/h5-6,8,11,15H,2-4,7,9-10,12-14H2,1H3. The average molecular weight is 314 g/mol. The van der Waals surface area contributed by atoms with Gasteiger partial charge in [-0.3, -0.25) is 4.98 Å². The van der Waals surface area contributed by atoms with Crippen molar-refractivity contribution < 1.29 is 4.52 Å². The fourth-order valence-corrected chi connectivity index (χ4v) is 3.17. The third kappa shape index (κ3) is 4.38. The van der Waals surface area contributed by atoms with E-state index in [9.17, 15) is 0 Å². The average Bonchev–Trinajstić information content (AvgIpc) is 3.10. The molecule has 1 fully saturated rings. The third-order valence-corrected chi connectivity index (χ3v) is 4.60. The summed E-state index contributed by atoms with van der Waals surface area (Å²) in [6, 6.07) is 5.74. The molecule has 0 unspecified atom stereocenters. The molecule has 2 aromatic heterocycles. The Bertz CT molecular complexity index is 576. The maximum atomic E-state index is 5.49. The first-order valence-electron chi connectivity index (χ1n) is 8.84. The Kier molecular flexibility index (Phi) is 5.75. The highest BCUT2D eigenvalue weighted by Gasteiger charge is 2.25. The number of hydrogen-bond acceptors (Lipinski definition) is 5. The SMILES string of the molecule is CCCCCCN1CCC(c2nc(-c3ccccn3)no2)CC1. The molecule has 5 nitrogen and oxygen atoms in total. The molecule has 1 aliphatic heterocycles. The molecule has 3 heterocycles. The third-order valence-electron chi connectivity index (χ3n) is 4.60. The summed E-state index contributed by atoms with van der Waals surface area (Å²) in [5, 5.41) is 4.09. The minimum Gasteiger partial charge on any atom is -0.339 e. The molecule has 0 aromatic carbocycles. The lowest BCUT2D eigenvalue weighted by Crippen LogP contribution is -2.33. The molecule has 0 radical (unpaired) electrons. The Morgan fingerprint density at radius 2 is 2.04 bits per heavy atom. The first-order valence-corrected chi connectivity index (χ1v) is 8.84. The number of nitrogens with zero attached hydrogens (tertiary/aromatic N) is 4. The van der Waals surface area contributed by atoms with Crippen molar-refractivity contribution in [2.24, 2.45) is 0 Å². The summed E-state index contributed by atoms with van der Waals surface area (Å²) < 4.78 is 5.49. The Balaban J connectivity index is 1.49. The molecule has 1 saturated heterocycles. The van der Waals surface area contributed by atoms with E-state index in [1.807, 2.05) is 18.2 Å². The van der Waals surface area contributed by atoms with Crippen LogP contribution in [0.25, 0.3) is 11.5 Å². The van der Waals surface area contributed by atoms with Crippen molar-refractivity contribution in [2.75, 3.05) is 19.6 Å². The molecule has 23 heavy (non-hydrogen) atoms. The van der Waals surface area contributed by atoms with E-state index in [2.05, 4.69) is 26.9 Å². The zero-order valence-corrected chi connectivity index (χ0v) is 13.9. The lowest BCUT2D eigenvalue weighted by Gasteiger charge is -2.30. The number of rotatable bonds is 7. The molecule has 0 atom stereocenters. The van der Waals surface area contributed by atoms with E-state index in [-0.39, 0.29) is 0 Å². The molecule has 1 aliphatic rings. The van der Waals surface area contributed by atoms with Gasteiger partial charge in [0.1, 0.15) is 5.69 Å². The molecule has 2 aromatic rings. The summed E-state index contributed by atoms with van der Waals surface area (Å²) in [6.07, 6.45) is 9.31. The zero-order chi connectivity index (χ0) is 15.9. The molecule has 0 bridgehead atoms. The van der Waals surface area contributed by atoms with Crippen LogP contribution in [-0.2, 0) is 0 Å². The summed E-state index contributed by atoms with van der Waals surface area (Å²) in [4.78, 5) is 11.4. The highest BCUT2D eigenvalue weighted by Crippen LogP contribution is 2.28. The van der Waals surface area contributed by atoms with E-state index in [1.165, 1.54) is 32.2 Å². The zero-order valence-electron chi connectivity index (χ0n) is 13.9. The number of piperidine rings is 1. The molecule has 5 heteroatoms. The van der Waals surface area contributed by atoms with E-state index in [0.717, 1.165) is 37.5 Å². The van der Waals surface area contributed by atoms with Gasteiger partial charge in [-0.05, 0) is 51.0 Å². The van der Waals surface area contributed by atoms with Crippen LogP contribution in [0.4, 0.5) is 0 Å². The molecular formula is C18H26N4O. The largest absolute Gasteiger partial charge is 0.339 e. The number of pyridine rings is 1. The highest BCUT2D eigenvalue weighted by atomic mass is 16.5. The smallest absolute Gasteiger partial charge is 0.230 e. The van der Waals surface area contributed by atoms with E-state index in [4.69, 9.17) is 4.52 Å². The van der Waals surface area contributed by atoms with Crippen molar-refractivity contribution >= 4 is 0 Å². The Labute approximate surface area is 138 Å². The summed E-state index contributed by atoms with van der Waals surface area (Å²) in [6.45, 7) is 5.76. The monoisotopic (exact) mass is 314 g/mol. The molecule has 0 N–H and O–H groups in total. The predicted molar refractivity (Wildman–Crippen MR) is 90.1 cm³/mol. The minimum atomic E-state index is 0.395. The van der Waals surface area contributed by atoms with Crippen molar-refractivity contribution in [1.82, 2.24) is 20.0 Å². The second kappa shape index (κ2) is 8.20. The fourth-order valence-electron chi connectivity index (χ4n) is 3.17. The maximum absolute atomic E-state index is 5.49. The van der Waals surface area contributed by atoms with E-state index >= 15 is 0 Å². The van der Waals surface area contributed by atoms with Crippen LogP contribution in [-0.4, -0.2) is 39.7 Å². The number of likely N-dealkylation sites (tertiary alicyclic amines) is 1. The first-order chi connectivity index (χ1) is 11.4. The van der Waals surface area contributed by atoms with Gasteiger partial charge in [-0.25, -0.2) is 0 Å². The van der Waals surface area contributed by atoms with Crippen LogP contribution in [0.2, 0.25) is 0 Å². The summed E-state index contributed by atoms with van der Waals surface area (Å²) in [7, 11) is 0. The van der Waals surface area contributed by atoms with Gasteiger partial charge in [-0.15, -0.1) is 0 Å². The predicted octanol–water partition coefficient (Wildman–Crippen LogP) is 3.89. The lowest BCUT2D eigenvalue weighted by atomic mass is 9.96. The van der Waals surface area contributed by atoms with Crippen molar-refractivity contribution in [2.45, 2.75) is 51.4 Å². The Morgan fingerprint density at radius 3 is 2.78 bits per heavy atom.